The van der Waals surface area contributed by atoms with Crippen LogP contribution in [0.15, 0.2) is 36.4 Å². The van der Waals surface area contributed by atoms with Crippen molar-refractivity contribution in [3.05, 3.63) is 63.9 Å². The number of aryl methyl sites for hydroxylation is 1. The number of benzene rings is 2. The minimum atomic E-state index is -0.316. The molecule has 1 N–H and O–H groups in total. The first kappa shape index (κ1) is 17.9. The van der Waals surface area contributed by atoms with Crippen LogP contribution >= 0.6 is 11.6 Å². The molecule has 0 spiro atoms. The number of anilines is 1. The average Bonchev–Trinajstić information content (AvgIpc) is 3.00. The molecule has 3 aromatic rings. The molecule has 0 aliphatic carbocycles. The molecular formula is C19H19ClN4O2. The highest BCUT2D eigenvalue weighted by atomic mass is 35.5. The molecule has 0 aliphatic heterocycles. The zero-order chi connectivity index (χ0) is 18.8. The van der Waals surface area contributed by atoms with E-state index >= 15 is 0 Å². The van der Waals surface area contributed by atoms with E-state index in [1.165, 1.54) is 0 Å². The molecular weight excluding hydrogens is 352 g/mol. The van der Waals surface area contributed by atoms with Gasteiger partial charge < -0.3 is 10.1 Å². The molecule has 2 aromatic carbocycles. The fraction of sp³-hybridized carbons (Fsp3) is 0.211. The summed E-state index contributed by atoms with van der Waals surface area (Å²) in [6.07, 6.45) is 0. The molecule has 26 heavy (non-hydrogen) atoms. The Hall–Kier alpha value is -2.86. The van der Waals surface area contributed by atoms with E-state index in [-0.39, 0.29) is 11.6 Å². The Balaban J connectivity index is 1.95. The highest BCUT2D eigenvalue weighted by Gasteiger charge is 2.20. The van der Waals surface area contributed by atoms with Gasteiger partial charge in [0.25, 0.3) is 5.91 Å². The lowest BCUT2D eigenvalue weighted by Gasteiger charge is -2.11. The molecule has 7 heteroatoms. The number of halogens is 1. The van der Waals surface area contributed by atoms with Gasteiger partial charge in [0.1, 0.15) is 11.4 Å². The van der Waals surface area contributed by atoms with Crippen LogP contribution in [-0.2, 0) is 0 Å². The summed E-state index contributed by atoms with van der Waals surface area (Å²) in [6, 6.07) is 10.9. The first-order valence-electron chi connectivity index (χ1n) is 8.06. The maximum Gasteiger partial charge on any atom is 0.278 e. The van der Waals surface area contributed by atoms with Gasteiger partial charge in [-0.3, -0.25) is 4.79 Å². The first-order chi connectivity index (χ1) is 12.4. The quantitative estimate of drug-likeness (QED) is 0.750. The Morgan fingerprint density at radius 3 is 2.69 bits per heavy atom. The van der Waals surface area contributed by atoms with Crippen molar-refractivity contribution in [2.75, 3.05) is 12.4 Å². The Morgan fingerprint density at radius 2 is 1.96 bits per heavy atom. The van der Waals surface area contributed by atoms with Crippen molar-refractivity contribution in [3.8, 4) is 11.4 Å². The molecule has 134 valence electrons. The van der Waals surface area contributed by atoms with Gasteiger partial charge in [-0.1, -0.05) is 28.9 Å². The van der Waals surface area contributed by atoms with E-state index in [4.69, 9.17) is 16.3 Å². The number of methoxy groups -OCH3 is 1. The smallest absolute Gasteiger partial charge is 0.278 e. The van der Waals surface area contributed by atoms with E-state index in [1.807, 2.05) is 32.0 Å². The van der Waals surface area contributed by atoms with Gasteiger partial charge >= 0.3 is 0 Å². The Morgan fingerprint density at radius 1 is 1.19 bits per heavy atom. The van der Waals surface area contributed by atoms with Gasteiger partial charge in [0.15, 0.2) is 5.69 Å². The highest BCUT2D eigenvalue weighted by Crippen LogP contribution is 2.27. The number of nitrogens with zero attached hydrogens (tertiary/aromatic N) is 3. The topological polar surface area (TPSA) is 69.0 Å². The summed E-state index contributed by atoms with van der Waals surface area (Å²) in [5.41, 5.74) is 4.33. The monoisotopic (exact) mass is 370 g/mol. The lowest BCUT2D eigenvalue weighted by Crippen LogP contribution is -2.15. The van der Waals surface area contributed by atoms with Crippen molar-refractivity contribution in [2.24, 2.45) is 0 Å². The van der Waals surface area contributed by atoms with Crippen LogP contribution < -0.4 is 10.1 Å². The number of rotatable bonds is 4. The Labute approximate surface area is 156 Å². The fourth-order valence-electron chi connectivity index (χ4n) is 2.66. The van der Waals surface area contributed by atoms with Gasteiger partial charge in [-0.05, 0) is 56.2 Å². The van der Waals surface area contributed by atoms with Gasteiger partial charge in [0.05, 0.1) is 12.8 Å². The second kappa shape index (κ2) is 7.17. The number of aromatic nitrogens is 3. The number of carbonyl (C=O) groups is 1. The van der Waals surface area contributed by atoms with Gasteiger partial charge in [-0.25, -0.2) is 4.68 Å². The molecule has 3 rings (SSSR count). The van der Waals surface area contributed by atoms with E-state index in [9.17, 15) is 4.79 Å². The van der Waals surface area contributed by atoms with E-state index in [2.05, 4.69) is 15.6 Å². The number of amides is 1. The summed E-state index contributed by atoms with van der Waals surface area (Å²) in [4.78, 5) is 12.7. The standard InChI is InChI=1S/C19H19ClN4O2/c1-11-6-5-7-15(12(11)2)21-19(25)18-13(3)24(23-22-18)16-10-14(20)8-9-17(16)26-4/h5-10H,1-4H3,(H,21,25). The van der Waals surface area contributed by atoms with Crippen molar-refractivity contribution in [1.29, 1.82) is 0 Å². The van der Waals surface area contributed by atoms with Crippen LogP contribution in [0.25, 0.3) is 5.69 Å². The molecule has 0 aliphatic rings. The molecule has 1 aromatic heterocycles. The summed E-state index contributed by atoms with van der Waals surface area (Å²) >= 11 is 6.09. The number of hydrogen-bond acceptors (Lipinski definition) is 4. The zero-order valence-electron chi connectivity index (χ0n) is 15.0. The third-order valence-corrected chi connectivity index (χ3v) is 4.57. The predicted molar refractivity (Wildman–Crippen MR) is 102 cm³/mol. The Bertz CT molecular complexity index is 982. The largest absolute Gasteiger partial charge is 0.494 e. The maximum atomic E-state index is 12.7. The maximum absolute atomic E-state index is 12.7. The summed E-state index contributed by atoms with van der Waals surface area (Å²) < 4.78 is 6.90. The van der Waals surface area contributed by atoms with Crippen LogP contribution in [0.5, 0.6) is 5.75 Å². The van der Waals surface area contributed by atoms with Crippen LogP contribution in [0.4, 0.5) is 5.69 Å². The second-order valence-corrected chi connectivity index (χ2v) is 6.39. The van der Waals surface area contributed by atoms with Crippen molar-refractivity contribution in [2.45, 2.75) is 20.8 Å². The van der Waals surface area contributed by atoms with E-state index < -0.39 is 0 Å². The van der Waals surface area contributed by atoms with Crippen molar-refractivity contribution < 1.29 is 9.53 Å². The minimum Gasteiger partial charge on any atom is -0.494 e. The van der Waals surface area contributed by atoms with Crippen LogP contribution in [0, 0.1) is 20.8 Å². The molecule has 0 bridgehead atoms. The lowest BCUT2D eigenvalue weighted by molar-refractivity contribution is 0.102. The third-order valence-electron chi connectivity index (χ3n) is 4.33. The van der Waals surface area contributed by atoms with Crippen molar-refractivity contribution in [1.82, 2.24) is 15.0 Å². The SMILES string of the molecule is COc1ccc(Cl)cc1-n1nnc(C(=O)Nc2cccc(C)c2C)c1C. The van der Waals surface area contributed by atoms with E-state index in [0.717, 1.165) is 16.8 Å². The second-order valence-electron chi connectivity index (χ2n) is 5.95. The number of hydrogen-bond donors (Lipinski definition) is 1. The molecule has 1 amide bonds. The summed E-state index contributed by atoms with van der Waals surface area (Å²) in [5, 5.41) is 11.6. The predicted octanol–water partition coefficient (Wildman–Crippen LogP) is 4.11. The summed E-state index contributed by atoms with van der Waals surface area (Å²) in [5.74, 6) is 0.271. The lowest BCUT2D eigenvalue weighted by atomic mass is 10.1. The molecule has 0 unspecified atom stereocenters. The van der Waals surface area contributed by atoms with Gasteiger partial charge in [0, 0.05) is 10.7 Å². The van der Waals surface area contributed by atoms with E-state index in [0.29, 0.717) is 22.2 Å². The van der Waals surface area contributed by atoms with Gasteiger partial charge in [0.2, 0.25) is 0 Å². The first-order valence-corrected chi connectivity index (χ1v) is 8.44. The minimum absolute atomic E-state index is 0.243. The molecule has 6 nitrogen and oxygen atoms in total. The van der Waals surface area contributed by atoms with Gasteiger partial charge in [-0.15, -0.1) is 5.10 Å². The third kappa shape index (κ3) is 3.28. The Kier molecular flexibility index (Phi) is 4.95. The molecule has 0 radical (unpaired) electrons. The van der Waals surface area contributed by atoms with Crippen LogP contribution in [-0.4, -0.2) is 28.0 Å². The van der Waals surface area contributed by atoms with Gasteiger partial charge in [-0.2, -0.15) is 0 Å². The van der Waals surface area contributed by atoms with Crippen molar-refractivity contribution >= 4 is 23.2 Å². The number of nitrogens with one attached hydrogen (secondary N) is 1. The zero-order valence-corrected chi connectivity index (χ0v) is 15.8. The molecule has 0 saturated heterocycles. The summed E-state index contributed by atoms with van der Waals surface area (Å²) in [7, 11) is 1.56. The van der Waals surface area contributed by atoms with E-state index in [1.54, 1.807) is 36.9 Å². The number of ether oxygens (including phenoxy) is 1. The highest BCUT2D eigenvalue weighted by molar-refractivity contribution is 6.30. The normalized spacial score (nSPS) is 10.7. The number of carbonyl (C=O) groups excluding carboxylic acids is 1. The van der Waals surface area contributed by atoms with Crippen LogP contribution in [0.2, 0.25) is 5.02 Å². The fourth-order valence-corrected chi connectivity index (χ4v) is 2.83. The molecule has 0 fully saturated rings. The van der Waals surface area contributed by atoms with Crippen LogP contribution in [0.1, 0.15) is 27.3 Å². The average molecular weight is 371 g/mol. The molecule has 0 atom stereocenters. The van der Waals surface area contributed by atoms with Crippen molar-refractivity contribution in [3.63, 3.8) is 0 Å². The summed E-state index contributed by atoms with van der Waals surface area (Å²) in [6.45, 7) is 5.74. The molecule has 1 heterocycles. The van der Waals surface area contributed by atoms with Crippen LogP contribution in [0.3, 0.4) is 0 Å². The molecule has 0 saturated carbocycles.